The fourth-order valence-corrected chi connectivity index (χ4v) is 3.26. The standard InChI is InChI=1S/C19H14N4O2S/c1-12-4-5-14(21-11-24)9-16(12)25-19-17-15(6-8-26-17)22-18(23-19)13-3-2-7-20-10-13/h2-11H,1H3,(H,21,24). The number of nitrogens with one attached hydrogen (secondary N) is 1. The lowest BCUT2D eigenvalue weighted by Crippen LogP contribution is -1.98. The second-order valence-electron chi connectivity index (χ2n) is 5.57. The van der Waals surface area contributed by atoms with E-state index in [2.05, 4.69) is 20.3 Å². The summed E-state index contributed by atoms with van der Waals surface area (Å²) in [5.41, 5.74) is 3.23. The topological polar surface area (TPSA) is 77.0 Å². The molecule has 0 spiro atoms. The summed E-state index contributed by atoms with van der Waals surface area (Å²) < 4.78 is 6.98. The number of ether oxygens (including phenoxy) is 1. The van der Waals surface area contributed by atoms with E-state index in [0.29, 0.717) is 29.6 Å². The lowest BCUT2D eigenvalue weighted by atomic mass is 10.2. The van der Waals surface area contributed by atoms with E-state index in [4.69, 9.17) is 4.74 Å². The van der Waals surface area contributed by atoms with Gasteiger partial charge in [0.15, 0.2) is 5.82 Å². The average Bonchev–Trinajstić information content (AvgIpc) is 3.14. The number of fused-ring (bicyclic) bond motifs is 1. The summed E-state index contributed by atoms with van der Waals surface area (Å²) in [6, 6.07) is 11.2. The molecule has 1 N–H and O–H groups in total. The number of rotatable bonds is 5. The molecular formula is C19H14N4O2S. The van der Waals surface area contributed by atoms with Crippen molar-refractivity contribution in [3.05, 3.63) is 59.7 Å². The van der Waals surface area contributed by atoms with Crippen molar-refractivity contribution < 1.29 is 9.53 Å². The zero-order valence-corrected chi connectivity index (χ0v) is 14.7. The maximum Gasteiger partial charge on any atom is 0.240 e. The van der Waals surface area contributed by atoms with E-state index >= 15 is 0 Å². The molecule has 6 nitrogen and oxygen atoms in total. The lowest BCUT2D eigenvalue weighted by molar-refractivity contribution is -0.105. The molecule has 3 heterocycles. The Labute approximate surface area is 153 Å². The first-order valence-corrected chi connectivity index (χ1v) is 8.77. The molecule has 0 atom stereocenters. The largest absolute Gasteiger partial charge is 0.437 e. The highest BCUT2D eigenvalue weighted by Crippen LogP contribution is 2.35. The summed E-state index contributed by atoms with van der Waals surface area (Å²) in [5.74, 6) is 1.66. The SMILES string of the molecule is Cc1ccc(NC=O)cc1Oc1nc(-c2cccnc2)nc2ccsc12. The number of hydrogen-bond acceptors (Lipinski definition) is 6. The van der Waals surface area contributed by atoms with Gasteiger partial charge in [-0.25, -0.2) is 4.98 Å². The van der Waals surface area contributed by atoms with Crippen LogP contribution in [0.25, 0.3) is 21.6 Å². The zero-order chi connectivity index (χ0) is 17.9. The molecule has 0 aliphatic heterocycles. The summed E-state index contributed by atoms with van der Waals surface area (Å²) in [7, 11) is 0. The number of benzene rings is 1. The van der Waals surface area contributed by atoms with Crippen LogP contribution in [-0.2, 0) is 4.79 Å². The molecule has 0 unspecified atom stereocenters. The fourth-order valence-electron chi connectivity index (χ4n) is 2.50. The number of aromatic nitrogens is 3. The number of hydrogen-bond donors (Lipinski definition) is 1. The van der Waals surface area contributed by atoms with E-state index in [-0.39, 0.29) is 0 Å². The third-order valence-electron chi connectivity index (χ3n) is 3.81. The number of amides is 1. The van der Waals surface area contributed by atoms with Crippen molar-refractivity contribution >= 4 is 33.7 Å². The van der Waals surface area contributed by atoms with Crippen LogP contribution in [0.5, 0.6) is 11.6 Å². The van der Waals surface area contributed by atoms with Crippen LogP contribution in [0.2, 0.25) is 0 Å². The fraction of sp³-hybridized carbons (Fsp3) is 0.0526. The summed E-state index contributed by atoms with van der Waals surface area (Å²) in [5, 5.41) is 4.59. The van der Waals surface area contributed by atoms with Gasteiger partial charge in [0, 0.05) is 29.7 Å². The maximum absolute atomic E-state index is 10.7. The third-order valence-corrected chi connectivity index (χ3v) is 4.70. The van der Waals surface area contributed by atoms with Crippen molar-refractivity contribution in [3.8, 4) is 23.0 Å². The van der Waals surface area contributed by atoms with Crippen molar-refractivity contribution in [2.24, 2.45) is 0 Å². The van der Waals surface area contributed by atoms with Crippen LogP contribution in [-0.4, -0.2) is 21.4 Å². The minimum Gasteiger partial charge on any atom is -0.437 e. The molecule has 26 heavy (non-hydrogen) atoms. The number of anilines is 1. The van der Waals surface area contributed by atoms with Gasteiger partial charge in [-0.15, -0.1) is 11.3 Å². The summed E-state index contributed by atoms with van der Waals surface area (Å²) >= 11 is 1.52. The lowest BCUT2D eigenvalue weighted by Gasteiger charge is -2.11. The Kier molecular flexibility index (Phi) is 4.28. The van der Waals surface area contributed by atoms with Crippen molar-refractivity contribution in [2.75, 3.05) is 5.32 Å². The maximum atomic E-state index is 10.7. The van der Waals surface area contributed by atoms with Crippen LogP contribution in [0.3, 0.4) is 0 Å². The molecule has 0 fully saturated rings. The second kappa shape index (κ2) is 6.89. The number of aryl methyl sites for hydroxylation is 1. The normalized spacial score (nSPS) is 10.7. The van der Waals surface area contributed by atoms with Crippen molar-refractivity contribution in [1.82, 2.24) is 15.0 Å². The summed E-state index contributed by atoms with van der Waals surface area (Å²) in [4.78, 5) is 24.0. The average molecular weight is 362 g/mol. The molecule has 1 aromatic carbocycles. The molecule has 0 radical (unpaired) electrons. The van der Waals surface area contributed by atoms with Crippen LogP contribution in [0.15, 0.2) is 54.2 Å². The molecule has 7 heteroatoms. The van der Waals surface area contributed by atoms with E-state index in [9.17, 15) is 4.79 Å². The Bertz CT molecular complexity index is 1080. The predicted octanol–water partition coefficient (Wildman–Crippen LogP) is 4.42. The van der Waals surface area contributed by atoms with Crippen LogP contribution in [0.4, 0.5) is 5.69 Å². The highest BCUT2D eigenvalue weighted by atomic mass is 32.1. The molecule has 4 rings (SSSR count). The van der Waals surface area contributed by atoms with Gasteiger partial charge in [-0.05, 0) is 42.1 Å². The Hall–Kier alpha value is -3.32. The van der Waals surface area contributed by atoms with Crippen LogP contribution >= 0.6 is 11.3 Å². The number of pyridine rings is 1. The van der Waals surface area contributed by atoms with Gasteiger partial charge < -0.3 is 10.1 Å². The molecule has 0 saturated carbocycles. The Morgan fingerprint density at radius 2 is 2.12 bits per heavy atom. The molecule has 3 aromatic heterocycles. The van der Waals surface area contributed by atoms with Gasteiger partial charge in [0.2, 0.25) is 12.3 Å². The van der Waals surface area contributed by atoms with Gasteiger partial charge in [0.25, 0.3) is 0 Å². The highest BCUT2D eigenvalue weighted by molar-refractivity contribution is 7.17. The molecule has 4 aromatic rings. The van der Waals surface area contributed by atoms with Crippen molar-refractivity contribution in [2.45, 2.75) is 6.92 Å². The van der Waals surface area contributed by atoms with Crippen molar-refractivity contribution in [1.29, 1.82) is 0 Å². The Balaban J connectivity index is 1.80. The predicted molar refractivity (Wildman–Crippen MR) is 102 cm³/mol. The summed E-state index contributed by atoms with van der Waals surface area (Å²) in [6.45, 7) is 1.94. The minimum atomic E-state index is 0.482. The highest BCUT2D eigenvalue weighted by Gasteiger charge is 2.14. The van der Waals surface area contributed by atoms with Gasteiger partial charge in [-0.2, -0.15) is 4.98 Å². The Morgan fingerprint density at radius 1 is 1.19 bits per heavy atom. The molecule has 1 amide bonds. The van der Waals surface area contributed by atoms with E-state index in [1.807, 2.05) is 42.6 Å². The Morgan fingerprint density at radius 3 is 2.92 bits per heavy atom. The monoisotopic (exact) mass is 362 g/mol. The van der Waals surface area contributed by atoms with E-state index < -0.39 is 0 Å². The van der Waals surface area contributed by atoms with Gasteiger partial charge in [-0.3, -0.25) is 9.78 Å². The van der Waals surface area contributed by atoms with Gasteiger partial charge in [-0.1, -0.05) is 6.07 Å². The first-order chi connectivity index (χ1) is 12.7. The first kappa shape index (κ1) is 16.2. The van der Waals surface area contributed by atoms with Crippen molar-refractivity contribution in [3.63, 3.8) is 0 Å². The molecule has 0 saturated heterocycles. The van der Waals surface area contributed by atoms with Crippen LogP contribution in [0, 0.1) is 6.92 Å². The van der Waals surface area contributed by atoms with Gasteiger partial charge in [0.1, 0.15) is 10.4 Å². The minimum absolute atomic E-state index is 0.482. The second-order valence-corrected chi connectivity index (χ2v) is 6.49. The molecule has 0 aliphatic rings. The quantitative estimate of drug-likeness (QED) is 0.532. The number of carbonyl (C=O) groups excluding carboxylic acids is 1. The molecular weight excluding hydrogens is 348 g/mol. The van der Waals surface area contributed by atoms with Crippen LogP contribution < -0.4 is 10.1 Å². The van der Waals surface area contributed by atoms with E-state index in [0.717, 1.165) is 21.3 Å². The van der Waals surface area contributed by atoms with E-state index in [1.54, 1.807) is 18.5 Å². The first-order valence-electron chi connectivity index (χ1n) is 7.89. The number of carbonyl (C=O) groups is 1. The summed E-state index contributed by atoms with van der Waals surface area (Å²) in [6.07, 6.45) is 4.06. The van der Waals surface area contributed by atoms with Crippen LogP contribution in [0.1, 0.15) is 5.56 Å². The zero-order valence-electron chi connectivity index (χ0n) is 13.8. The smallest absolute Gasteiger partial charge is 0.240 e. The molecule has 0 aliphatic carbocycles. The van der Waals surface area contributed by atoms with Gasteiger partial charge in [0.05, 0.1) is 5.52 Å². The third kappa shape index (κ3) is 3.12. The van der Waals surface area contributed by atoms with Gasteiger partial charge >= 0.3 is 0 Å². The molecule has 128 valence electrons. The number of thiophene rings is 1. The van der Waals surface area contributed by atoms with E-state index in [1.165, 1.54) is 11.3 Å². The number of nitrogens with zero attached hydrogens (tertiary/aromatic N) is 3. The molecule has 0 bridgehead atoms.